The summed E-state index contributed by atoms with van der Waals surface area (Å²) in [6, 6.07) is 0. The molecule has 1 saturated heterocycles. The quantitative estimate of drug-likeness (QED) is 0.468. The van der Waals surface area contributed by atoms with Gasteiger partial charge < -0.3 is 20.3 Å². The fourth-order valence-corrected chi connectivity index (χ4v) is 3.87. The van der Waals surface area contributed by atoms with E-state index in [0.717, 1.165) is 16.7 Å². The molecule has 0 saturated carbocycles. The number of hydrogen-bond donors (Lipinski definition) is 3. The first-order valence-electron chi connectivity index (χ1n) is 6.54. The Morgan fingerprint density at radius 2 is 2.27 bits per heavy atom. The summed E-state index contributed by atoms with van der Waals surface area (Å²) in [5, 5.41) is 20.8. The monoisotopic (exact) mass is 328 g/mol. The molecule has 0 unspecified atom stereocenters. The minimum Gasteiger partial charge on any atom is -0.477 e. The number of carboxylic acids is 1. The number of amides is 2. The standard InChI is InChI=1S/C13H16N2O6S/c1-3-4-21-13(20)14-5-7-9(12(18)19)15-10(17)8(6(2)16)11(15)22-7/h3,6,8,11,16H,1,4-5H2,2H3,(H,14,20)(H,18,19)/t6-,8-,11-/m1/s1. The molecular formula is C13H16N2O6S. The number of alkyl carbamates (subject to hydrolysis) is 1. The van der Waals surface area contributed by atoms with E-state index >= 15 is 0 Å². The number of carbonyl (C=O) groups is 3. The predicted molar refractivity (Wildman–Crippen MR) is 77.6 cm³/mol. The molecule has 0 bridgehead atoms. The van der Waals surface area contributed by atoms with Crippen molar-refractivity contribution in [2.45, 2.75) is 18.4 Å². The number of aliphatic hydroxyl groups is 1. The van der Waals surface area contributed by atoms with Crippen molar-refractivity contribution in [2.75, 3.05) is 13.2 Å². The minimum absolute atomic E-state index is 0.0428. The van der Waals surface area contributed by atoms with Crippen molar-refractivity contribution < 1.29 is 29.3 Å². The third-order valence-corrected chi connectivity index (χ3v) is 4.67. The third-order valence-electron chi connectivity index (χ3n) is 3.30. The van der Waals surface area contributed by atoms with Crippen LogP contribution in [0.3, 0.4) is 0 Å². The lowest BCUT2D eigenvalue weighted by Crippen LogP contribution is -2.60. The highest BCUT2D eigenvalue weighted by atomic mass is 32.2. The van der Waals surface area contributed by atoms with Gasteiger partial charge in [-0.15, -0.1) is 0 Å². The van der Waals surface area contributed by atoms with Crippen molar-refractivity contribution in [1.82, 2.24) is 10.2 Å². The van der Waals surface area contributed by atoms with Crippen LogP contribution in [0.25, 0.3) is 0 Å². The normalized spacial score (nSPS) is 24.5. The highest BCUT2D eigenvalue weighted by Gasteiger charge is 2.57. The average molecular weight is 328 g/mol. The average Bonchev–Trinajstić information content (AvgIpc) is 2.76. The van der Waals surface area contributed by atoms with E-state index < -0.39 is 35.4 Å². The van der Waals surface area contributed by atoms with Gasteiger partial charge in [0.15, 0.2) is 0 Å². The van der Waals surface area contributed by atoms with Crippen LogP contribution in [-0.2, 0) is 14.3 Å². The summed E-state index contributed by atoms with van der Waals surface area (Å²) in [5.74, 6) is -2.30. The van der Waals surface area contributed by atoms with Crippen molar-refractivity contribution in [2.24, 2.45) is 5.92 Å². The van der Waals surface area contributed by atoms with Crippen LogP contribution in [0.1, 0.15) is 6.92 Å². The molecule has 0 aromatic rings. The maximum absolute atomic E-state index is 12.0. The molecule has 8 nitrogen and oxygen atoms in total. The zero-order chi connectivity index (χ0) is 16.4. The summed E-state index contributed by atoms with van der Waals surface area (Å²) < 4.78 is 4.73. The van der Waals surface area contributed by atoms with E-state index in [4.69, 9.17) is 4.74 Å². The topological polar surface area (TPSA) is 116 Å². The maximum atomic E-state index is 12.0. The van der Waals surface area contributed by atoms with Crippen molar-refractivity contribution in [3.8, 4) is 0 Å². The minimum atomic E-state index is -1.25. The number of nitrogens with zero attached hydrogens (tertiary/aromatic N) is 1. The van der Waals surface area contributed by atoms with Crippen LogP contribution in [0, 0.1) is 5.92 Å². The Morgan fingerprint density at radius 3 is 2.82 bits per heavy atom. The van der Waals surface area contributed by atoms with E-state index in [2.05, 4.69) is 11.9 Å². The first-order valence-corrected chi connectivity index (χ1v) is 7.42. The Hall–Kier alpha value is -2.00. The van der Waals surface area contributed by atoms with Gasteiger partial charge in [0.25, 0.3) is 0 Å². The number of fused-ring (bicyclic) bond motifs is 1. The van der Waals surface area contributed by atoms with Gasteiger partial charge in [-0.3, -0.25) is 9.69 Å². The number of nitrogens with one attached hydrogen (secondary N) is 1. The van der Waals surface area contributed by atoms with Crippen LogP contribution in [0.15, 0.2) is 23.3 Å². The highest BCUT2D eigenvalue weighted by Crippen LogP contribution is 2.49. The molecule has 0 aromatic heterocycles. The number of β-lactam (4-membered cyclic amide) rings is 1. The molecular weight excluding hydrogens is 312 g/mol. The zero-order valence-corrected chi connectivity index (χ0v) is 12.6. The van der Waals surface area contributed by atoms with E-state index in [0.29, 0.717) is 4.91 Å². The highest BCUT2D eigenvalue weighted by molar-refractivity contribution is 8.04. The molecule has 2 aliphatic heterocycles. The number of aliphatic hydroxyl groups excluding tert-OH is 1. The number of thioether (sulfide) groups is 1. The van der Waals surface area contributed by atoms with Gasteiger partial charge in [-0.05, 0) is 6.92 Å². The van der Waals surface area contributed by atoms with Crippen LogP contribution in [-0.4, -0.2) is 57.7 Å². The molecule has 3 N–H and O–H groups in total. The lowest BCUT2D eigenvalue weighted by atomic mass is 9.92. The summed E-state index contributed by atoms with van der Waals surface area (Å²) in [6.45, 7) is 4.87. The summed E-state index contributed by atoms with van der Waals surface area (Å²) in [7, 11) is 0. The van der Waals surface area contributed by atoms with Crippen molar-refractivity contribution in [3.63, 3.8) is 0 Å². The van der Waals surface area contributed by atoms with Gasteiger partial charge in [0.05, 0.1) is 18.6 Å². The number of carboxylic acid groups (broad SMARTS) is 1. The van der Waals surface area contributed by atoms with Crippen molar-refractivity contribution in [3.05, 3.63) is 23.3 Å². The molecule has 2 rings (SSSR count). The fourth-order valence-electron chi connectivity index (χ4n) is 2.32. The third kappa shape index (κ3) is 2.81. The molecule has 3 atom stereocenters. The lowest BCUT2D eigenvalue weighted by Gasteiger charge is -2.43. The van der Waals surface area contributed by atoms with Crippen LogP contribution in [0.2, 0.25) is 0 Å². The second kappa shape index (κ2) is 6.41. The lowest BCUT2D eigenvalue weighted by molar-refractivity contribution is -0.156. The molecule has 0 radical (unpaired) electrons. The summed E-state index contributed by atoms with van der Waals surface area (Å²) in [6.07, 6.45) is -0.157. The summed E-state index contributed by atoms with van der Waals surface area (Å²) in [5.41, 5.74) is -0.152. The van der Waals surface area contributed by atoms with Gasteiger partial charge in [0, 0.05) is 4.91 Å². The largest absolute Gasteiger partial charge is 0.477 e. The molecule has 9 heteroatoms. The Kier molecular flexibility index (Phi) is 4.77. The summed E-state index contributed by atoms with van der Waals surface area (Å²) in [4.78, 5) is 36.2. The molecule has 120 valence electrons. The molecule has 0 spiro atoms. The summed E-state index contributed by atoms with van der Waals surface area (Å²) >= 11 is 1.16. The predicted octanol–water partition coefficient (Wildman–Crippen LogP) is 0.107. The Labute approximate surface area is 130 Å². The fraction of sp³-hybridized carbons (Fsp3) is 0.462. The van der Waals surface area contributed by atoms with E-state index in [1.54, 1.807) is 0 Å². The first-order chi connectivity index (χ1) is 10.4. The second-order valence-electron chi connectivity index (χ2n) is 4.80. The molecule has 2 aliphatic rings. The van der Waals surface area contributed by atoms with Crippen LogP contribution >= 0.6 is 11.8 Å². The molecule has 2 amide bonds. The van der Waals surface area contributed by atoms with E-state index in [-0.39, 0.29) is 18.8 Å². The second-order valence-corrected chi connectivity index (χ2v) is 6.01. The number of hydrogen-bond acceptors (Lipinski definition) is 6. The van der Waals surface area contributed by atoms with E-state index in [9.17, 15) is 24.6 Å². The smallest absolute Gasteiger partial charge is 0.407 e. The van der Waals surface area contributed by atoms with Gasteiger partial charge in [0.1, 0.15) is 17.7 Å². The van der Waals surface area contributed by atoms with Gasteiger partial charge in [-0.25, -0.2) is 9.59 Å². The Bertz CT molecular complexity index is 559. The van der Waals surface area contributed by atoms with Gasteiger partial charge >= 0.3 is 12.1 Å². The zero-order valence-electron chi connectivity index (χ0n) is 11.8. The number of carbonyl (C=O) groups excluding carboxylic acids is 2. The molecule has 22 heavy (non-hydrogen) atoms. The maximum Gasteiger partial charge on any atom is 0.407 e. The van der Waals surface area contributed by atoms with Crippen LogP contribution < -0.4 is 5.32 Å². The number of aliphatic carboxylic acids is 1. The van der Waals surface area contributed by atoms with E-state index in [1.807, 2.05) is 0 Å². The Balaban J connectivity index is 2.07. The molecule has 0 aromatic carbocycles. The SMILES string of the molecule is C=CCOC(=O)NCC1=C(C(=O)O)N2C(=O)[C@@H]([C@@H](C)O)[C@H]2S1. The van der Waals surface area contributed by atoms with Crippen LogP contribution in [0.5, 0.6) is 0 Å². The number of ether oxygens (including phenoxy) is 1. The van der Waals surface area contributed by atoms with Gasteiger partial charge in [0.2, 0.25) is 5.91 Å². The van der Waals surface area contributed by atoms with E-state index in [1.165, 1.54) is 13.0 Å². The van der Waals surface area contributed by atoms with Gasteiger partial charge in [-0.1, -0.05) is 24.4 Å². The molecule has 1 fully saturated rings. The molecule has 0 aliphatic carbocycles. The molecule has 2 heterocycles. The number of rotatable bonds is 6. The van der Waals surface area contributed by atoms with Gasteiger partial charge in [-0.2, -0.15) is 0 Å². The Morgan fingerprint density at radius 1 is 1.59 bits per heavy atom. The van der Waals surface area contributed by atoms with Crippen LogP contribution in [0.4, 0.5) is 4.79 Å². The van der Waals surface area contributed by atoms with Crippen molar-refractivity contribution in [1.29, 1.82) is 0 Å². The van der Waals surface area contributed by atoms with Crippen molar-refractivity contribution >= 4 is 29.7 Å². The first kappa shape index (κ1) is 16.4.